The van der Waals surface area contributed by atoms with E-state index in [0.717, 1.165) is 39.2 Å². The Morgan fingerprint density at radius 1 is 1.20 bits per heavy atom. The van der Waals surface area contributed by atoms with Crippen molar-refractivity contribution in [1.82, 2.24) is 14.8 Å². The van der Waals surface area contributed by atoms with Gasteiger partial charge in [0.05, 0.1) is 19.0 Å². The zero-order valence-corrected chi connectivity index (χ0v) is 14.0. The van der Waals surface area contributed by atoms with E-state index in [1.54, 1.807) is 17.9 Å². The molecule has 0 saturated carbocycles. The van der Waals surface area contributed by atoms with Gasteiger partial charge in [-0.15, -0.1) is 0 Å². The van der Waals surface area contributed by atoms with Crippen LogP contribution in [0.15, 0.2) is 61.1 Å². The molecule has 0 unspecified atom stereocenters. The summed E-state index contributed by atoms with van der Waals surface area (Å²) in [5, 5.41) is 9.80. The fourth-order valence-corrected chi connectivity index (χ4v) is 2.88. The molecule has 5 nitrogen and oxygen atoms in total. The largest absolute Gasteiger partial charge is 0.495 e. The van der Waals surface area contributed by atoms with Crippen LogP contribution in [0.5, 0.6) is 5.75 Å². The van der Waals surface area contributed by atoms with Gasteiger partial charge in [0.1, 0.15) is 11.6 Å². The summed E-state index contributed by atoms with van der Waals surface area (Å²) < 4.78 is 7.17. The summed E-state index contributed by atoms with van der Waals surface area (Å²) in [6.07, 6.45) is 5.76. The third-order valence-electron chi connectivity index (χ3n) is 4.09. The normalized spacial score (nSPS) is 10.8. The van der Waals surface area contributed by atoms with Gasteiger partial charge in [0.2, 0.25) is 0 Å². The summed E-state index contributed by atoms with van der Waals surface area (Å²) >= 11 is 0. The van der Waals surface area contributed by atoms with Crippen molar-refractivity contribution in [2.24, 2.45) is 7.05 Å². The molecular formula is C20H17N4O. The predicted octanol–water partition coefficient (Wildman–Crippen LogP) is 4.19. The highest BCUT2D eigenvalue weighted by Crippen LogP contribution is 2.31. The monoisotopic (exact) mass is 329 g/mol. The highest BCUT2D eigenvalue weighted by Gasteiger charge is 2.08. The van der Waals surface area contributed by atoms with Crippen molar-refractivity contribution >= 4 is 22.3 Å². The third kappa shape index (κ3) is 2.92. The molecule has 0 amide bonds. The van der Waals surface area contributed by atoms with Crippen LogP contribution in [0.2, 0.25) is 0 Å². The minimum absolute atomic E-state index is 0.727. The predicted molar refractivity (Wildman–Crippen MR) is 99.1 cm³/mol. The molecule has 0 fully saturated rings. The second-order valence-electron chi connectivity index (χ2n) is 5.75. The molecule has 4 aromatic rings. The molecule has 0 aliphatic carbocycles. The Hall–Kier alpha value is -3.34. The Kier molecular flexibility index (Phi) is 3.82. The summed E-state index contributed by atoms with van der Waals surface area (Å²) in [4.78, 5) is 4.52. The molecule has 5 heteroatoms. The van der Waals surface area contributed by atoms with Crippen molar-refractivity contribution in [3.8, 4) is 16.9 Å². The number of anilines is 2. The number of benzene rings is 2. The Labute approximate surface area is 145 Å². The fourth-order valence-electron chi connectivity index (χ4n) is 2.88. The number of ether oxygens (including phenoxy) is 1. The van der Waals surface area contributed by atoms with Crippen LogP contribution in [0.1, 0.15) is 0 Å². The molecular weight excluding hydrogens is 312 g/mol. The Balaban J connectivity index is 1.79. The average molecular weight is 329 g/mol. The van der Waals surface area contributed by atoms with Gasteiger partial charge in [-0.1, -0.05) is 24.3 Å². The smallest absolute Gasteiger partial charge is 0.142 e. The van der Waals surface area contributed by atoms with E-state index in [-0.39, 0.29) is 0 Å². The lowest BCUT2D eigenvalue weighted by Crippen LogP contribution is -1.96. The summed E-state index contributed by atoms with van der Waals surface area (Å²) in [5.74, 6) is 1.48. The van der Waals surface area contributed by atoms with Crippen LogP contribution in [0.4, 0.5) is 11.5 Å². The lowest BCUT2D eigenvalue weighted by molar-refractivity contribution is 0.416. The van der Waals surface area contributed by atoms with E-state index in [1.165, 1.54) is 0 Å². The van der Waals surface area contributed by atoms with Gasteiger partial charge in [-0.2, -0.15) is 5.10 Å². The highest BCUT2D eigenvalue weighted by atomic mass is 16.5. The van der Waals surface area contributed by atoms with Crippen LogP contribution < -0.4 is 10.1 Å². The number of methoxy groups -OCH3 is 1. The van der Waals surface area contributed by atoms with Crippen LogP contribution in [0, 0.1) is 6.07 Å². The third-order valence-corrected chi connectivity index (χ3v) is 4.09. The summed E-state index contributed by atoms with van der Waals surface area (Å²) in [6.45, 7) is 0. The van der Waals surface area contributed by atoms with Gasteiger partial charge in [0.25, 0.3) is 0 Å². The van der Waals surface area contributed by atoms with E-state index in [0.29, 0.717) is 0 Å². The number of hydrogen-bond donors (Lipinski definition) is 1. The van der Waals surface area contributed by atoms with Crippen molar-refractivity contribution < 1.29 is 4.74 Å². The van der Waals surface area contributed by atoms with Gasteiger partial charge in [-0.25, -0.2) is 4.98 Å². The van der Waals surface area contributed by atoms with E-state index >= 15 is 0 Å². The molecule has 2 aromatic carbocycles. The molecule has 1 radical (unpaired) electrons. The lowest BCUT2D eigenvalue weighted by atomic mass is 10.0. The zero-order valence-electron chi connectivity index (χ0n) is 14.0. The molecule has 0 bridgehead atoms. The molecule has 1 N–H and O–H groups in total. The first-order chi connectivity index (χ1) is 12.2. The van der Waals surface area contributed by atoms with Gasteiger partial charge in [0.15, 0.2) is 0 Å². The molecule has 2 heterocycles. The van der Waals surface area contributed by atoms with Crippen LogP contribution in [0.25, 0.3) is 21.9 Å². The minimum atomic E-state index is 0.727. The standard InChI is InChI=1S/C20H17N4O/c1-24-13-15(12-22-24)16-7-5-6-14-11-21-20(10-17(14)16)23-18-8-3-4-9-19(18)25-2/h3,5-13H,1-2H3,(H,21,23). The molecule has 0 spiro atoms. The maximum Gasteiger partial charge on any atom is 0.142 e. The number of aromatic nitrogens is 3. The number of aryl methyl sites for hydroxylation is 1. The van der Waals surface area contributed by atoms with Crippen molar-refractivity contribution in [1.29, 1.82) is 0 Å². The van der Waals surface area contributed by atoms with Crippen molar-refractivity contribution in [3.63, 3.8) is 0 Å². The minimum Gasteiger partial charge on any atom is -0.495 e. The maximum atomic E-state index is 5.37. The number of nitrogens with zero attached hydrogens (tertiary/aromatic N) is 3. The van der Waals surface area contributed by atoms with Crippen LogP contribution in [0.3, 0.4) is 0 Å². The SMILES string of the molecule is COc1c[c]ccc1Nc1cc2c(-c3cnn(C)c3)cccc2cn1. The summed E-state index contributed by atoms with van der Waals surface area (Å²) in [5.41, 5.74) is 3.06. The number of nitrogens with one attached hydrogen (secondary N) is 1. The van der Waals surface area contributed by atoms with Gasteiger partial charge in [0, 0.05) is 30.4 Å². The average Bonchev–Trinajstić information content (AvgIpc) is 3.08. The van der Waals surface area contributed by atoms with Crippen LogP contribution in [-0.4, -0.2) is 21.9 Å². The van der Waals surface area contributed by atoms with Gasteiger partial charge in [-0.05, 0) is 35.2 Å². The summed E-state index contributed by atoms with van der Waals surface area (Å²) in [7, 11) is 3.56. The molecule has 0 atom stereocenters. The number of pyridine rings is 1. The van der Waals surface area contributed by atoms with Gasteiger partial charge >= 0.3 is 0 Å². The van der Waals surface area contributed by atoms with E-state index in [2.05, 4.69) is 33.6 Å². The summed E-state index contributed by atoms with van der Waals surface area (Å²) in [6, 6.07) is 16.8. The Morgan fingerprint density at radius 2 is 2.12 bits per heavy atom. The first kappa shape index (κ1) is 15.2. The molecule has 0 aliphatic heterocycles. The molecule has 0 aliphatic rings. The molecule has 25 heavy (non-hydrogen) atoms. The van der Waals surface area contributed by atoms with Crippen molar-refractivity contribution in [2.45, 2.75) is 0 Å². The molecule has 123 valence electrons. The number of fused-ring (bicyclic) bond motifs is 1. The highest BCUT2D eigenvalue weighted by molar-refractivity contribution is 5.97. The van der Waals surface area contributed by atoms with Gasteiger partial charge in [-0.3, -0.25) is 4.68 Å². The lowest BCUT2D eigenvalue weighted by Gasteiger charge is -2.11. The number of rotatable bonds is 4. The molecule has 2 aromatic heterocycles. The van der Waals surface area contributed by atoms with Crippen LogP contribution in [-0.2, 0) is 7.05 Å². The second-order valence-corrected chi connectivity index (χ2v) is 5.75. The van der Waals surface area contributed by atoms with E-state index in [1.807, 2.05) is 49.9 Å². The zero-order chi connectivity index (χ0) is 17.2. The first-order valence-electron chi connectivity index (χ1n) is 7.93. The first-order valence-corrected chi connectivity index (χ1v) is 7.93. The van der Waals surface area contributed by atoms with Crippen molar-refractivity contribution in [2.75, 3.05) is 12.4 Å². The quantitative estimate of drug-likeness (QED) is 0.610. The Morgan fingerprint density at radius 3 is 2.92 bits per heavy atom. The van der Waals surface area contributed by atoms with Crippen molar-refractivity contribution in [3.05, 3.63) is 67.1 Å². The van der Waals surface area contributed by atoms with E-state index < -0.39 is 0 Å². The Bertz CT molecular complexity index is 1040. The topological polar surface area (TPSA) is 52.0 Å². The van der Waals surface area contributed by atoms with E-state index in [9.17, 15) is 0 Å². The van der Waals surface area contributed by atoms with Crippen LogP contribution >= 0.6 is 0 Å². The van der Waals surface area contributed by atoms with E-state index in [4.69, 9.17) is 4.74 Å². The molecule has 0 saturated heterocycles. The second kappa shape index (κ2) is 6.28. The van der Waals surface area contributed by atoms with Gasteiger partial charge < -0.3 is 10.1 Å². The fraction of sp³-hybridized carbons (Fsp3) is 0.100. The molecule has 4 rings (SSSR count). The number of hydrogen-bond acceptors (Lipinski definition) is 4. The maximum absolute atomic E-state index is 5.37.